The van der Waals surface area contributed by atoms with Gasteiger partial charge >= 0.3 is 0 Å². The number of aliphatic hydroxyl groups excluding tert-OH is 1. The van der Waals surface area contributed by atoms with Crippen molar-refractivity contribution in [2.45, 2.75) is 26.2 Å². The molecule has 0 aliphatic rings. The molecule has 0 radical (unpaired) electrons. The van der Waals surface area contributed by atoms with Crippen LogP contribution in [0.3, 0.4) is 0 Å². The van der Waals surface area contributed by atoms with Gasteiger partial charge < -0.3 is 20.6 Å². The summed E-state index contributed by atoms with van der Waals surface area (Å²) in [5.41, 5.74) is 4.70. The Hall–Kier alpha value is -3.42. The third-order valence-electron chi connectivity index (χ3n) is 5.47. The normalized spacial score (nSPS) is 12.4. The van der Waals surface area contributed by atoms with Crippen LogP contribution in [0.15, 0.2) is 64.7 Å². The molecule has 3 rings (SSSR count). The van der Waals surface area contributed by atoms with Crippen LogP contribution in [-0.2, 0) is 6.42 Å². The van der Waals surface area contributed by atoms with Crippen molar-refractivity contribution < 1.29 is 15.1 Å². The largest absolute Gasteiger partial charge is 0.411 e. The van der Waals surface area contributed by atoms with Gasteiger partial charge in [-0.1, -0.05) is 35.0 Å². The summed E-state index contributed by atoms with van der Waals surface area (Å²) >= 11 is 6.16. The average Bonchev–Trinajstić information content (AvgIpc) is 2.80. The molecule has 0 bridgehead atoms. The predicted octanol–water partition coefficient (Wildman–Crippen LogP) is 3.57. The number of rotatable bonds is 8. The lowest BCUT2D eigenvalue weighted by atomic mass is 9.83. The number of hydrogen-bond donors (Lipinski definition) is 4. The molecule has 7 nitrogen and oxygen atoms in total. The number of benzene rings is 2. The van der Waals surface area contributed by atoms with Gasteiger partial charge in [0.25, 0.3) is 11.5 Å². The predicted molar refractivity (Wildman–Crippen MR) is 129 cm³/mol. The standard InChI is InChI=1S/C25H26ClN3O4/c1-15-12-20(26)7-8-21(15)22(13-17-11-16(2)24(31)28-14-17)23(29-33)18-3-5-19(6-4-18)25(32)27-9-10-30/h3-8,11-12,14,22,30,33H,9-10,13H2,1-2H3,(H,27,32)(H,28,31)/b29-23-. The number of carbonyl (C=O) groups is 1. The Morgan fingerprint density at radius 3 is 2.39 bits per heavy atom. The number of aliphatic hydroxyl groups is 1. The second kappa shape index (κ2) is 10.9. The zero-order valence-corrected chi connectivity index (χ0v) is 19.2. The van der Waals surface area contributed by atoms with Gasteiger partial charge in [-0.25, -0.2) is 0 Å². The highest BCUT2D eigenvalue weighted by Gasteiger charge is 2.24. The van der Waals surface area contributed by atoms with Gasteiger partial charge in [-0.3, -0.25) is 9.59 Å². The topological polar surface area (TPSA) is 115 Å². The molecule has 0 aliphatic heterocycles. The van der Waals surface area contributed by atoms with Gasteiger partial charge in [-0.15, -0.1) is 0 Å². The molecule has 1 aromatic heterocycles. The first kappa shape index (κ1) is 24.2. The first-order chi connectivity index (χ1) is 15.8. The molecule has 172 valence electrons. The van der Waals surface area contributed by atoms with Gasteiger partial charge in [-0.2, -0.15) is 0 Å². The van der Waals surface area contributed by atoms with Crippen LogP contribution in [0.5, 0.6) is 0 Å². The Labute approximate surface area is 196 Å². The molecule has 8 heteroatoms. The van der Waals surface area contributed by atoms with Crippen LogP contribution < -0.4 is 10.9 Å². The Morgan fingerprint density at radius 2 is 1.79 bits per heavy atom. The van der Waals surface area contributed by atoms with Crippen LogP contribution in [0.25, 0.3) is 0 Å². The van der Waals surface area contributed by atoms with Crippen LogP contribution in [-0.4, -0.2) is 40.1 Å². The molecule has 0 saturated carbocycles. The number of nitrogens with zero attached hydrogens (tertiary/aromatic N) is 1. The van der Waals surface area contributed by atoms with Crippen molar-refractivity contribution in [1.82, 2.24) is 10.3 Å². The van der Waals surface area contributed by atoms with E-state index in [9.17, 15) is 14.8 Å². The number of nitrogens with one attached hydrogen (secondary N) is 2. The summed E-state index contributed by atoms with van der Waals surface area (Å²) in [6.07, 6.45) is 2.13. The molecule has 0 aliphatic carbocycles. The highest BCUT2D eigenvalue weighted by Crippen LogP contribution is 2.30. The van der Waals surface area contributed by atoms with E-state index in [0.717, 1.165) is 16.7 Å². The summed E-state index contributed by atoms with van der Waals surface area (Å²) in [6, 6.07) is 14.1. The van der Waals surface area contributed by atoms with E-state index in [1.54, 1.807) is 43.5 Å². The zero-order chi connectivity index (χ0) is 24.0. The fourth-order valence-electron chi connectivity index (χ4n) is 3.79. The van der Waals surface area contributed by atoms with E-state index < -0.39 is 0 Å². The molecule has 1 unspecified atom stereocenters. The second-order valence-corrected chi connectivity index (χ2v) is 8.26. The van der Waals surface area contributed by atoms with Gasteiger partial charge in [0.1, 0.15) is 0 Å². The number of hydrogen-bond acceptors (Lipinski definition) is 5. The van der Waals surface area contributed by atoms with E-state index in [1.807, 2.05) is 25.1 Å². The fourth-order valence-corrected chi connectivity index (χ4v) is 4.01. The minimum Gasteiger partial charge on any atom is -0.411 e. The number of aryl methyl sites for hydroxylation is 2. The van der Waals surface area contributed by atoms with Gasteiger partial charge in [-0.05, 0) is 72.9 Å². The third kappa shape index (κ3) is 5.88. The molecule has 33 heavy (non-hydrogen) atoms. The molecule has 1 amide bonds. The molecule has 0 fully saturated rings. The maximum absolute atomic E-state index is 12.1. The number of aromatic nitrogens is 1. The van der Waals surface area contributed by atoms with E-state index >= 15 is 0 Å². The highest BCUT2D eigenvalue weighted by molar-refractivity contribution is 6.30. The number of aromatic amines is 1. The monoisotopic (exact) mass is 467 g/mol. The molecule has 0 spiro atoms. The Kier molecular flexibility index (Phi) is 8.03. The van der Waals surface area contributed by atoms with Gasteiger partial charge in [0.05, 0.1) is 12.3 Å². The molecule has 2 aromatic carbocycles. The van der Waals surface area contributed by atoms with Gasteiger partial charge in [0.2, 0.25) is 0 Å². The number of halogens is 1. The maximum Gasteiger partial charge on any atom is 0.251 e. The van der Waals surface area contributed by atoms with E-state index in [1.165, 1.54) is 0 Å². The summed E-state index contributed by atoms with van der Waals surface area (Å²) < 4.78 is 0. The van der Waals surface area contributed by atoms with Gasteiger partial charge in [0, 0.05) is 34.8 Å². The van der Waals surface area contributed by atoms with Crippen LogP contribution in [0, 0.1) is 13.8 Å². The molecular formula is C25H26ClN3O4. The molecule has 1 heterocycles. The molecule has 1 atom stereocenters. The first-order valence-corrected chi connectivity index (χ1v) is 10.9. The zero-order valence-electron chi connectivity index (χ0n) is 18.4. The smallest absolute Gasteiger partial charge is 0.251 e. The first-order valence-electron chi connectivity index (χ1n) is 10.5. The lowest BCUT2D eigenvalue weighted by Crippen LogP contribution is -2.26. The van der Waals surface area contributed by atoms with Crippen molar-refractivity contribution in [3.05, 3.63) is 103 Å². The number of amides is 1. The molecular weight excluding hydrogens is 442 g/mol. The highest BCUT2D eigenvalue weighted by atomic mass is 35.5. The fraction of sp³-hybridized carbons (Fsp3) is 0.240. The third-order valence-corrected chi connectivity index (χ3v) is 5.71. The maximum atomic E-state index is 12.1. The Morgan fingerprint density at radius 1 is 1.09 bits per heavy atom. The van der Waals surface area contributed by atoms with Crippen molar-refractivity contribution in [2.24, 2.45) is 5.16 Å². The number of H-pyrrole nitrogens is 1. The SMILES string of the molecule is Cc1cc(Cl)ccc1C(Cc1c[nH]c(=O)c(C)c1)/C(=N\O)c1ccc(C(=O)NCCO)cc1. The van der Waals surface area contributed by atoms with E-state index in [4.69, 9.17) is 16.7 Å². The Bertz CT molecular complexity index is 1220. The van der Waals surface area contributed by atoms with Crippen LogP contribution in [0.4, 0.5) is 0 Å². The van der Waals surface area contributed by atoms with E-state index in [-0.39, 0.29) is 30.5 Å². The summed E-state index contributed by atoms with van der Waals surface area (Å²) in [6.45, 7) is 3.71. The van der Waals surface area contributed by atoms with Crippen molar-refractivity contribution in [3.8, 4) is 0 Å². The number of oxime groups is 1. The summed E-state index contributed by atoms with van der Waals surface area (Å²) in [4.78, 5) is 26.7. The van der Waals surface area contributed by atoms with Crippen molar-refractivity contribution in [3.63, 3.8) is 0 Å². The van der Waals surface area contributed by atoms with Gasteiger partial charge in [0.15, 0.2) is 0 Å². The van der Waals surface area contributed by atoms with Crippen LogP contribution in [0.2, 0.25) is 5.02 Å². The lowest BCUT2D eigenvalue weighted by Gasteiger charge is -2.22. The second-order valence-electron chi connectivity index (χ2n) is 7.82. The lowest BCUT2D eigenvalue weighted by molar-refractivity contribution is 0.0945. The van der Waals surface area contributed by atoms with Crippen molar-refractivity contribution >= 4 is 23.2 Å². The van der Waals surface area contributed by atoms with E-state index in [2.05, 4.69) is 15.5 Å². The summed E-state index contributed by atoms with van der Waals surface area (Å²) in [5.74, 6) is -0.640. The Balaban J connectivity index is 2.01. The summed E-state index contributed by atoms with van der Waals surface area (Å²) in [5, 5.41) is 25.8. The molecule has 3 aromatic rings. The van der Waals surface area contributed by atoms with Crippen molar-refractivity contribution in [2.75, 3.05) is 13.2 Å². The average molecular weight is 468 g/mol. The van der Waals surface area contributed by atoms with E-state index in [0.29, 0.717) is 33.8 Å². The summed E-state index contributed by atoms with van der Waals surface area (Å²) in [7, 11) is 0. The van der Waals surface area contributed by atoms with Crippen LogP contribution >= 0.6 is 11.6 Å². The quantitative estimate of drug-likeness (QED) is 0.230. The number of pyridine rings is 1. The van der Waals surface area contributed by atoms with Crippen LogP contribution in [0.1, 0.15) is 44.1 Å². The minimum absolute atomic E-state index is 0.141. The van der Waals surface area contributed by atoms with Crippen molar-refractivity contribution in [1.29, 1.82) is 0 Å². The minimum atomic E-state index is -0.341. The molecule has 0 saturated heterocycles. The molecule has 4 N–H and O–H groups in total. The number of carbonyl (C=O) groups excluding carboxylic acids is 1.